The maximum atomic E-state index is 13.6. The number of allylic oxidation sites excluding steroid dienone is 3. The molecule has 1 unspecified atom stereocenters. The molecule has 2 aliphatic rings. The van der Waals surface area contributed by atoms with E-state index < -0.39 is 22.8 Å². The molecule has 0 saturated carbocycles. The summed E-state index contributed by atoms with van der Waals surface area (Å²) in [6.45, 7) is 10.5. The maximum absolute atomic E-state index is 13.6. The number of rotatable bonds is 11. The van der Waals surface area contributed by atoms with Gasteiger partial charge in [0, 0.05) is 13.1 Å². The van der Waals surface area contributed by atoms with Crippen LogP contribution in [0.5, 0.6) is 0 Å². The predicted molar refractivity (Wildman–Crippen MR) is 137 cm³/mol. The van der Waals surface area contributed by atoms with E-state index in [9.17, 15) is 24.4 Å². The number of nitrogens with one attached hydrogen (secondary N) is 1. The Labute approximate surface area is 215 Å². The monoisotopic (exact) mass is 504 g/mol. The normalized spacial score (nSPS) is 22.4. The van der Waals surface area contributed by atoms with E-state index in [2.05, 4.69) is 5.32 Å². The third-order valence-electron chi connectivity index (χ3n) is 7.60. The number of nitrogens with two attached hydrogens (primary N) is 1. The van der Waals surface area contributed by atoms with Gasteiger partial charge in [-0.25, -0.2) is 5.06 Å². The van der Waals surface area contributed by atoms with Crippen molar-refractivity contribution in [1.29, 1.82) is 0 Å². The highest BCUT2D eigenvalue weighted by molar-refractivity contribution is 5.89. The van der Waals surface area contributed by atoms with Crippen LogP contribution in [-0.4, -0.2) is 65.0 Å². The van der Waals surface area contributed by atoms with Crippen molar-refractivity contribution in [3.63, 3.8) is 0 Å². The Bertz CT molecular complexity index is 870. The lowest BCUT2D eigenvalue weighted by atomic mass is 9.66. The molecule has 9 heteroatoms. The summed E-state index contributed by atoms with van der Waals surface area (Å²) in [5, 5.41) is 13.1. The molecular formula is C27H44N4O5. The summed E-state index contributed by atoms with van der Waals surface area (Å²) in [5.41, 5.74) is 5.68. The summed E-state index contributed by atoms with van der Waals surface area (Å²) >= 11 is 0. The molecular weight excluding hydrogens is 460 g/mol. The molecule has 0 spiro atoms. The molecule has 0 aromatic carbocycles. The van der Waals surface area contributed by atoms with Crippen molar-refractivity contribution < 1.29 is 24.4 Å². The lowest BCUT2D eigenvalue weighted by Crippen LogP contribution is -2.58. The lowest BCUT2D eigenvalue weighted by Gasteiger charge is -2.43. The van der Waals surface area contributed by atoms with E-state index in [1.807, 2.05) is 52.8 Å². The Morgan fingerprint density at radius 1 is 1.31 bits per heavy atom. The van der Waals surface area contributed by atoms with E-state index in [1.54, 1.807) is 4.90 Å². The van der Waals surface area contributed by atoms with E-state index in [0.717, 1.165) is 18.4 Å². The number of unbranched alkanes of at least 4 members (excludes halogenated alkanes) is 1. The van der Waals surface area contributed by atoms with Gasteiger partial charge in [0.05, 0.1) is 17.9 Å². The van der Waals surface area contributed by atoms with Gasteiger partial charge in [0.25, 0.3) is 0 Å². The molecule has 1 aliphatic carbocycles. The Kier molecular flexibility index (Phi) is 10.3. The van der Waals surface area contributed by atoms with Crippen LogP contribution in [0, 0.1) is 22.7 Å². The van der Waals surface area contributed by atoms with Gasteiger partial charge in [-0.05, 0) is 43.9 Å². The van der Waals surface area contributed by atoms with Crippen LogP contribution in [0.25, 0.3) is 0 Å². The zero-order valence-electron chi connectivity index (χ0n) is 22.5. The van der Waals surface area contributed by atoms with Gasteiger partial charge < -0.3 is 16.0 Å². The van der Waals surface area contributed by atoms with Crippen LogP contribution < -0.4 is 11.1 Å². The second-order valence-corrected chi connectivity index (χ2v) is 11.4. The summed E-state index contributed by atoms with van der Waals surface area (Å²) in [6.07, 6.45) is 10.2. The van der Waals surface area contributed by atoms with Crippen molar-refractivity contribution in [2.75, 3.05) is 19.6 Å². The van der Waals surface area contributed by atoms with Gasteiger partial charge >= 0.3 is 0 Å². The molecule has 36 heavy (non-hydrogen) atoms. The first kappa shape index (κ1) is 29.5. The molecule has 0 radical (unpaired) electrons. The maximum Gasteiger partial charge on any atom is 0.245 e. The third kappa shape index (κ3) is 7.18. The minimum atomic E-state index is -0.765. The number of hydroxylamine groups is 2. The Morgan fingerprint density at radius 3 is 2.42 bits per heavy atom. The quantitative estimate of drug-likeness (QED) is 0.226. The van der Waals surface area contributed by atoms with E-state index in [-0.39, 0.29) is 36.6 Å². The second kappa shape index (κ2) is 12.5. The molecule has 4 amide bonds. The Morgan fingerprint density at radius 2 is 1.94 bits per heavy atom. The fraction of sp³-hybridized carbons (Fsp3) is 0.704. The molecule has 202 valence electrons. The van der Waals surface area contributed by atoms with Gasteiger partial charge in [-0.1, -0.05) is 64.3 Å². The fourth-order valence-corrected chi connectivity index (χ4v) is 5.16. The predicted octanol–water partition coefficient (Wildman–Crippen LogP) is 2.79. The highest BCUT2D eigenvalue weighted by Crippen LogP contribution is 2.42. The molecule has 2 rings (SSSR count). The smallest absolute Gasteiger partial charge is 0.245 e. The molecule has 3 atom stereocenters. The van der Waals surface area contributed by atoms with Crippen LogP contribution in [0.3, 0.4) is 0 Å². The largest absolute Gasteiger partial charge is 0.369 e. The van der Waals surface area contributed by atoms with Crippen LogP contribution in [0.15, 0.2) is 23.8 Å². The Balaban J connectivity index is 2.12. The summed E-state index contributed by atoms with van der Waals surface area (Å²) < 4.78 is 0. The fourth-order valence-electron chi connectivity index (χ4n) is 5.16. The minimum absolute atomic E-state index is 0.0413. The van der Waals surface area contributed by atoms with E-state index in [1.165, 1.54) is 0 Å². The first-order valence-electron chi connectivity index (χ1n) is 13.0. The molecule has 9 nitrogen and oxygen atoms in total. The number of hydrogen-bond acceptors (Lipinski definition) is 5. The molecule has 1 aliphatic heterocycles. The number of primary amides is 1. The third-order valence-corrected chi connectivity index (χ3v) is 7.60. The summed E-state index contributed by atoms with van der Waals surface area (Å²) in [4.78, 5) is 51.9. The number of hydrogen-bond donors (Lipinski definition) is 3. The molecule has 0 aromatic heterocycles. The zero-order valence-corrected chi connectivity index (χ0v) is 22.5. The summed E-state index contributed by atoms with van der Waals surface area (Å²) in [6, 6.07) is -0.765. The summed E-state index contributed by atoms with van der Waals surface area (Å²) in [7, 11) is 0. The van der Waals surface area contributed by atoms with Crippen molar-refractivity contribution >= 4 is 24.1 Å². The average molecular weight is 505 g/mol. The number of amides is 4. The molecule has 1 fully saturated rings. The van der Waals surface area contributed by atoms with Crippen molar-refractivity contribution in [2.45, 2.75) is 79.2 Å². The highest BCUT2D eigenvalue weighted by Gasteiger charge is 2.45. The first-order valence-corrected chi connectivity index (χ1v) is 13.0. The summed E-state index contributed by atoms with van der Waals surface area (Å²) in [5.74, 6) is -1.43. The number of piperidine rings is 1. The molecule has 0 bridgehead atoms. The van der Waals surface area contributed by atoms with Gasteiger partial charge in [0.15, 0.2) is 0 Å². The van der Waals surface area contributed by atoms with E-state index in [0.29, 0.717) is 43.8 Å². The highest BCUT2D eigenvalue weighted by atomic mass is 16.5. The van der Waals surface area contributed by atoms with Gasteiger partial charge in [-0.3, -0.25) is 24.4 Å². The SMILES string of the molecule is CCCC[C@H](CN(O)C=O)C(=O)N[C@H](C(=O)N1CCC(C2(C(N)=O)C=CC(C)=CC2)CC1)C(C)(C)C. The van der Waals surface area contributed by atoms with Crippen molar-refractivity contribution in [1.82, 2.24) is 15.3 Å². The van der Waals surface area contributed by atoms with Crippen LogP contribution >= 0.6 is 0 Å². The molecule has 1 saturated heterocycles. The zero-order chi connectivity index (χ0) is 27.1. The first-order chi connectivity index (χ1) is 16.9. The lowest BCUT2D eigenvalue weighted by molar-refractivity contribution is -0.155. The van der Waals surface area contributed by atoms with Crippen molar-refractivity contribution in [2.24, 2.45) is 28.4 Å². The standard InChI is InChI=1S/C27H44N4O5/c1-6-7-8-20(17-31(36)18-32)23(33)29-22(26(3,4)5)24(34)30-15-11-21(12-16-30)27(25(28)35)13-9-19(2)10-14-27/h9-10,13,18,20-22,36H,6-8,11-12,14-17H2,1-5H3,(H2,28,35)(H,29,33)/t20-,22-,27?/m1/s1. The average Bonchev–Trinajstić information content (AvgIpc) is 2.84. The van der Waals surface area contributed by atoms with Gasteiger partial charge in [-0.15, -0.1) is 0 Å². The van der Waals surface area contributed by atoms with Crippen LogP contribution in [0.1, 0.15) is 73.1 Å². The minimum Gasteiger partial charge on any atom is -0.369 e. The topological polar surface area (TPSA) is 133 Å². The van der Waals surface area contributed by atoms with Crippen molar-refractivity contribution in [3.8, 4) is 0 Å². The van der Waals surface area contributed by atoms with Gasteiger partial charge in [0.1, 0.15) is 6.04 Å². The number of carbonyl (C=O) groups is 4. The molecule has 0 aromatic rings. The number of carbonyl (C=O) groups excluding carboxylic acids is 4. The van der Waals surface area contributed by atoms with Crippen LogP contribution in [-0.2, 0) is 19.2 Å². The van der Waals surface area contributed by atoms with Crippen molar-refractivity contribution in [3.05, 3.63) is 23.8 Å². The molecule has 4 N–H and O–H groups in total. The Hall–Kier alpha value is -2.68. The van der Waals surface area contributed by atoms with Gasteiger partial charge in [0.2, 0.25) is 24.1 Å². The number of nitrogens with zero attached hydrogens (tertiary/aromatic N) is 2. The van der Waals surface area contributed by atoms with Crippen LogP contribution in [0.4, 0.5) is 0 Å². The van der Waals surface area contributed by atoms with Gasteiger partial charge in [-0.2, -0.15) is 0 Å². The van der Waals surface area contributed by atoms with E-state index >= 15 is 0 Å². The van der Waals surface area contributed by atoms with Crippen LogP contribution in [0.2, 0.25) is 0 Å². The molecule has 1 heterocycles. The number of likely N-dealkylation sites (tertiary alicyclic amines) is 1. The second-order valence-electron chi connectivity index (χ2n) is 11.4. The van der Waals surface area contributed by atoms with E-state index in [4.69, 9.17) is 5.73 Å².